The zero-order valence-corrected chi connectivity index (χ0v) is 14.2. The molecule has 7 heteroatoms. The standard InChI is InChI=1S/C16H27N3O4/c1-4-7-8-17-16(22)18-11-9-13(20)15(14(21)10-11)12(5-2)19-23-6-3/h11,15H,4-10H2,1-3H3,(H2,17,18,22)/b19-12+. The summed E-state index contributed by atoms with van der Waals surface area (Å²) in [4.78, 5) is 41.3. The maximum Gasteiger partial charge on any atom is 0.315 e. The maximum atomic E-state index is 12.3. The van der Waals surface area contributed by atoms with E-state index in [1.165, 1.54) is 0 Å². The highest BCUT2D eigenvalue weighted by Gasteiger charge is 2.38. The van der Waals surface area contributed by atoms with Crippen LogP contribution in [0.15, 0.2) is 5.16 Å². The summed E-state index contributed by atoms with van der Waals surface area (Å²) in [6.07, 6.45) is 2.65. The maximum absolute atomic E-state index is 12.3. The zero-order valence-electron chi connectivity index (χ0n) is 14.2. The van der Waals surface area contributed by atoms with Crippen molar-refractivity contribution in [2.75, 3.05) is 13.2 Å². The van der Waals surface area contributed by atoms with Crippen LogP contribution in [-0.4, -0.2) is 42.5 Å². The van der Waals surface area contributed by atoms with Gasteiger partial charge in [0, 0.05) is 25.4 Å². The van der Waals surface area contributed by atoms with Gasteiger partial charge in [-0.05, 0) is 19.8 Å². The largest absolute Gasteiger partial charge is 0.396 e. The molecule has 1 saturated carbocycles. The Bertz CT molecular complexity index is 444. The molecule has 130 valence electrons. The molecule has 0 spiro atoms. The van der Waals surface area contributed by atoms with Crippen molar-refractivity contribution in [3.05, 3.63) is 0 Å². The Morgan fingerprint density at radius 1 is 1.22 bits per heavy atom. The van der Waals surface area contributed by atoms with Gasteiger partial charge in [-0.1, -0.05) is 25.4 Å². The van der Waals surface area contributed by atoms with Crippen LogP contribution >= 0.6 is 0 Å². The number of carbonyl (C=O) groups is 3. The van der Waals surface area contributed by atoms with Crippen molar-refractivity contribution in [1.82, 2.24) is 10.6 Å². The molecule has 0 aromatic heterocycles. The van der Waals surface area contributed by atoms with Crippen LogP contribution in [0.2, 0.25) is 0 Å². The fourth-order valence-electron chi connectivity index (χ4n) is 2.53. The number of nitrogens with zero attached hydrogens (tertiary/aromatic N) is 1. The van der Waals surface area contributed by atoms with Crippen LogP contribution in [0.4, 0.5) is 4.79 Å². The summed E-state index contributed by atoms with van der Waals surface area (Å²) < 4.78 is 0. The van der Waals surface area contributed by atoms with E-state index >= 15 is 0 Å². The Hall–Kier alpha value is -1.92. The second-order valence-electron chi connectivity index (χ2n) is 5.58. The summed E-state index contributed by atoms with van der Waals surface area (Å²) in [7, 11) is 0. The van der Waals surface area contributed by atoms with Crippen LogP contribution in [0.3, 0.4) is 0 Å². The summed E-state index contributed by atoms with van der Waals surface area (Å²) in [5, 5.41) is 9.31. The third-order valence-electron chi connectivity index (χ3n) is 3.70. The summed E-state index contributed by atoms with van der Waals surface area (Å²) in [5.74, 6) is -1.24. The van der Waals surface area contributed by atoms with E-state index in [9.17, 15) is 14.4 Å². The van der Waals surface area contributed by atoms with Gasteiger partial charge in [0.25, 0.3) is 0 Å². The van der Waals surface area contributed by atoms with E-state index < -0.39 is 12.0 Å². The normalized spacial score (nSPS) is 22.0. The minimum Gasteiger partial charge on any atom is -0.396 e. The highest BCUT2D eigenvalue weighted by molar-refractivity contribution is 6.22. The minimum absolute atomic E-state index is 0.142. The molecule has 0 aliphatic heterocycles. The van der Waals surface area contributed by atoms with E-state index in [2.05, 4.69) is 15.8 Å². The van der Waals surface area contributed by atoms with Crippen molar-refractivity contribution in [2.45, 2.75) is 58.9 Å². The number of nitrogens with one attached hydrogen (secondary N) is 2. The fraction of sp³-hybridized carbons (Fsp3) is 0.750. The molecule has 0 heterocycles. The van der Waals surface area contributed by atoms with Crippen LogP contribution in [0.1, 0.15) is 52.9 Å². The van der Waals surface area contributed by atoms with E-state index in [4.69, 9.17) is 4.84 Å². The number of ketones is 2. The molecule has 0 unspecified atom stereocenters. The van der Waals surface area contributed by atoms with Crippen LogP contribution in [0.25, 0.3) is 0 Å². The quantitative estimate of drug-likeness (QED) is 0.308. The van der Waals surface area contributed by atoms with Crippen molar-refractivity contribution in [1.29, 1.82) is 0 Å². The van der Waals surface area contributed by atoms with Gasteiger partial charge in [0.1, 0.15) is 12.5 Å². The number of oxime groups is 1. The van der Waals surface area contributed by atoms with Gasteiger partial charge in [-0.25, -0.2) is 4.79 Å². The number of carbonyl (C=O) groups excluding carboxylic acids is 3. The predicted molar refractivity (Wildman–Crippen MR) is 87.3 cm³/mol. The van der Waals surface area contributed by atoms with Crippen molar-refractivity contribution in [3.63, 3.8) is 0 Å². The first-order valence-corrected chi connectivity index (χ1v) is 8.31. The molecule has 0 bridgehead atoms. The average Bonchev–Trinajstić information content (AvgIpc) is 2.50. The first-order valence-electron chi connectivity index (χ1n) is 8.31. The van der Waals surface area contributed by atoms with Crippen molar-refractivity contribution in [3.8, 4) is 0 Å². The van der Waals surface area contributed by atoms with Gasteiger partial charge in [-0.2, -0.15) is 0 Å². The minimum atomic E-state index is -0.826. The van der Waals surface area contributed by atoms with Gasteiger partial charge in [0.15, 0.2) is 11.6 Å². The van der Waals surface area contributed by atoms with Crippen molar-refractivity contribution < 1.29 is 19.2 Å². The molecule has 0 aromatic carbocycles. The van der Waals surface area contributed by atoms with Crippen molar-refractivity contribution >= 4 is 23.3 Å². The number of unbranched alkanes of at least 4 members (excludes halogenated alkanes) is 1. The number of rotatable bonds is 8. The predicted octanol–water partition coefficient (Wildman–Crippen LogP) is 1.80. The smallest absolute Gasteiger partial charge is 0.315 e. The van der Waals surface area contributed by atoms with E-state index in [0.717, 1.165) is 12.8 Å². The topological polar surface area (TPSA) is 96.9 Å². The van der Waals surface area contributed by atoms with Crippen LogP contribution < -0.4 is 10.6 Å². The average molecular weight is 325 g/mol. The van der Waals surface area contributed by atoms with E-state index in [0.29, 0.717) is 25.3 Å². The Kier molecular flexibility index (Phi) is 8.29. The highest BCUT2D eigenvalue weighted by atomic mass is 16.6. The molecule has 1 fully saturated rings. The second kappa shape index (κ2) is 9.97. The zero-order chi connectivity index (χ0) is 17.2. The molecule has 1 rings (SSSR count). The number of urea groups is 1. The van der Waals surface area contributed by atoms with E-state index in [1.54, 1.807) is 6.92 Å². The van der Waals surface area contributed by atoms with E-state index in [-0.39, 0.29) is 30.4 Å². The third kappa shape index (κ3) is 6.00. The lowest BCUT2D eigenvalue weighted by Gasteiger charge is -2.27. The monoisotopic (exact) mass is 325 g/mol. The second-order valence-corrected chi connectivity index (χ2v) is 5.58. The van der Waals surface area contributed by atoms with E-state index in [1.807, 2.05) is 13.8 Å². The molecule has 1 aliphatic carbocycles. The highest BCUT2D eigenvalue weighted by Crippen LogP contribution is 2.21. The molecular formula is C16H27N3O4. The van der Waals surface area contributed by atoms with Gasteiger partial charge < -0.3 is 15.5 Å². The first-order chi connectivity index (χ1) is 11.0. The SMILES string of the molecule is CCCCNC(=O)NC1CC(=O)C(/C(CC)=N/OCC)C(=O)C1. The molecule has 0 saturated heterocycles. The molecule has 2 N–H and O–H groups in total. The molecule has 1 aliphatic rings. The number of amides is 2. The molecule has 23 heavy (non-hydrogen) atoms. The molecule has 2 amide bonds. The molecule has 0 radical (unpaired) electrons. The Morgan fingerprint density at radius 3 is 2.39 bits per heavy atom. The summed E-state index contributed by atoms with van der Waals surface area (Å²) in [6, 6.07) is -0.778. The lowest BCUT2D eigenvalue weighted by atomic mass is 9.80. The molecule has 0 atom stereocenters. The van der Waals surface area contributed by atoms with Crippen LogP contribution in [-0.2, 0) is 14.4 Å². The van der Waals surface area contributed by atoms with Gasteiger partial charge in [-0.3, -0.25) is 9.59 Å². The summed E-state index contributed by atoms with van der Waals surface area (Å²) in [5.41, 5.74) is 0.465. The third-order valence-corrected chi connectivity index (χ3v) is 3.70. The summed E-state index contributed by atoms with van der Waals surface area (Å²) in [6.45, 7) is 6.64. The molecular weight excluding hydrogens is 298 g/mol. The van der Waals surface area contributed by atoms with Gasteiger partial charge in [0.05, 0.1) is 5.71 Å². The number of Topliss-reactive ketones (excluding diaryl/α,β-unsaturated/α-hetero) is 2. The number of hydrogen-bond donors (Lipinski definition) is 2. The summed E-state index contributed by atoms with van der Waals surface area (Å²) >= 11 is 0. The lowest BCUT2D eigenvalue weighted by Crippen LogP contribution is -2.50. The fourth-order valence-corrected chi connectivity index (χ4v) is 2.53. The van der Waals surface area contributed by atoms with Crippen LogP contribution in [0.5, 0.6) is 0 Å². The Labute approximate surface area is 137 Å². The Morgan fingerprint density at radius 2 is 1.87 bits per heavy atom. The number of hydrogen-bond acceptors (Lipinski definition) is 5. The Balaban J connectivity index is 2.60. The van der Waals surface area contributed by atoms with Gasteiger partial charge in [0.2, 0.25) is 0 Å². The first kappa shape index (κ1) is 19.1. The lowest BCUT2D eigenvalue weighted by molar-refractivity contribution is -0.133. The van der Waals surface area contributed by atoms with Crippen LogP contribution in [0, 0.1) is 5.92 Å². The van der Waals surface area contributed by atoms with Gasteiger partial charge in [-0.15, -0.1) is 0 Å². The molecule has 7 nitrogen and oxygen atoms in total. The molecule has 0 aromatic rings. The van der Waals surface area contributed by atoms with Crippen molar-refractivity contribution in [2.24, 2.45) is 11.1 Å². The van der Waals surface area contributed by atoms with Gasteiger partial charge >= 0.3 is 6.03 Å².